The van der Waals surface area contributed by atoms with Gasteiger partial charge in [0, 0.05) is 24.9 Å². The molecule has 0 spiro atoms. The van der Waals surface area contributed by atoms with E-state index in [1.54, 1.807) is 24.3 Å². The van der Waals surface area contributed by atoms with Crippen LogP contribution < -0.4 is 5.32 Å². The summed E-state index contributed by atoms with van der Waals surface area (Å²) in [6.07, 6.45) is -1.57. The lowest BCUT2D eigenvalue weighted by Crippen LogP contribution is -2.58. The molecule has 1 aromatic rings. The van der Waals surface area contributed by atoms with Gasteiger partial charge in [0.05, 0.1) is 62.7 Å². The number of benzene rings is 1. The Labute approximate surface area is 300 Å². The van der Waals surface area contributed by atoms with Crippen molar-refractivity contribution in [2.45, 2.75) is 131 Å². The highest BCUT2D eigenvalue weighted by molar-refractivity contribution is 7.44. The summed E-state index contributed by atoms with van der Waals surface area (Å²) < 4.78 is 46.1. The van der Waals surface area contributed by atoms with Gasteiger partial charge in [0.2, 0.25) is 5.91 Å². The quantitative estimate of drug-likeness (QED) is 0.102. The Kier molecular flexibility index (Phi) is 17.5. The zero-order chi connectivity index (χ0) is 37.0. The molecule has 13 heteroatoms. The fraction of sp³-hybridized carbons (Fsp3) is 0.757. The molecule has 2 heterocycles. The van der Waals surface area contributed by atoms with Crippen LogP contribution in [0.15, 0.2) is 30.3 Å². The third kappa shape index (κ3) is 11.7. The van der Waals surface area contributed by atoms with Crippen LogP contribution in [-0.2, 0) is 37.5 Å². The summed E-state index contributed by atoms with van der Waals surface area (Å²) in [5, 5.41) is 12.1. The summed E-state index contributed by atoms with van der Waals surface area (Å²) in [5.74, 6) is -0.444. The van der Waals surface area contributed by atoms with Crippen LogP contribution in [0.25, 0.3) is 0 Å². The molecule has 11 unspecified atom stereocenters. The average Bonchev–Trinajstić information content (AvgIpc) is 3.07. The molecule has 3 rings (SSSR count). The normalized spacial score (nSPS) is 30.6. The van der Waals surface area contributed by atoms with Gasteiger partial charge in [0.25, 0.3) is 8.53 Å². The number of carbonyl (C=O) groups is 2. The number of hydrogen-bond acceptors (Lipinski definition) is 11. The number of carbonyl (C=O) groups excluding carboxylic acids is 2. The molecule has 2 fully saturated rings. The van der Waals surface area contributed by atoms with Gasteiger partial charge in [-0.25, -0.2) is 9.46 Å². The zero-order valence-electron chi connectivity index (χ0n) is 31.6. The van der Waals surface area contributed by atoms with Crippen LogP contribution in [0.2, 0.25) is 0 Å². The van der Waals surface area contributed by atoms with Crippen molar-refractivity contribution in [1.29, 1.82) is 5.26 Å². The minimum atomic E-state index is -1.45. The van der Waals surface area contributed by atoms with Crippen molar-refractivity contribution in [2.24, 2.45) is 23.7 Å². The van der Waals surface area contributed by atoms with E-state index < -0.39 is 39.3 Å². The molecule has 282 valence electrons. The van der Waals surface area contributed by atoms with E-state index in [2.05, 4.69) is 64.5 Å². The Hall–Kier alpha value is -2.20. The van der Waals surface area contributed by atoms with E-state index in [0.717, 1.165) is 6.42 Å². The van der Waals surface area contributed by atoms with Gasteiger partial charge in [0.15, 0.2) is 18.7 Å². The van der Waals surface area contributed by atoms with Gasteiger partial charge >= 0.3 is 5.97 Å². The van der Waals surface area contributed by atoms with Crippen LogP contribution in [0, 0.1) is 35.0 Å². The molecule has 0 saturated carbocycles. The van der Waals surface area contributed by atoms with Crippen molar-refractivity contribution >= 4 is 20.4 Å². The second-order valence-corrected chi connectivity index (χ2v) is 15.4. The first kappa shape index (κ1) is 42.2. The molecule has 0 radical (unpaired) electrons. The largest absolute Gasteiger partial charge is 0.453 e. The highest BCUT2D eigenvalue weighted by Crippen LogP contribution is 2.46. The maximum absolute atomic E-state index is 13.2. The molecule has 2 saturated heterocycles. The summed E-state index contributed by atoms with van der Waals surface area (Å²) in [5.41, 5.74) is 0.440. The van der Waals surface area contributed by atoms with Gasteiger partial charge < -0.3 is 38.0 Å². The first-order valence-electron chi connectivity index (χ1n) is 18.1. The highest BCUT2D eigenvalue weighted by Gasteiger charge is 2.47. The van der Waals surface area contributed by atoms with Gasteiger partial charge in [-0.15, -0.1) is 0 Å². The van der Waals surface area contributed by atoms with Crippen molar-refractivity contribution in [3.05, 3.63) is 35.9 Å². The number of nitrogens with zero attached hydrogens (tertiary/aromatic N) is 2. The summed E-state index contributed by atoms with van der Waals surface area (Å²) in [4.78, 5) is 25.4. The van der Waals surface area contributed by atoms with E-state index in [0.29, 0.717) is 5.56 Å². The number of esters is 1. The van der Waals surface area contributed by atoms with E-state index in [9.17, 15) is 9.59 Å². The summed E-state index contributed by atoms with van der Waals surface area (Å²) in [6, 6.07) is 11.0. The lowest BCUT2D eigenvalue weighted by Gasteiger charge is -2.46. The van der Waals surface area contributed by atoms with Crippen molar-refractivity contribution in [1.82, 2.24) is 9.99 Å². The highest BCUT2D eigenvalue weighted by atomic mass is 31.2. The Morgan fingerprint density at radius 3 is 2.10 bits per heavy atom. The average molecular weight is 722 g/mol. The van der Waals surface area contributed by atoms with E-state index in [4.69, 9.17) is 38.0 Å². The lowest BCUT2D eigenvalue weighted by atomic mass is 9.81. The van der Waals surface area contributed by atoms with Crippen molar-refractivity contribution in [3.8, 4) is 6.07 Å². The number of hydrogen-bond donors (Lipinski definition) is 1. The standard InChI is InChI=1S/C37H60N3O9P/c1-11-31-25(6)27(8)33(39-29(10)41)36(47-31)44-22-32-26(7)28(9)34(49-35(42)30-16-13-12-14-17-30)37(48-32)43-20-21-46-50(45-19-15-18-38)40(23(2)3)24(4)5/h12-14,16-17,23-28,31-34,36-37H,11,15,19-22H2,1-10H3,(H,39,41). The second kappa shape index (κ2) is 20.7. The molecule has 0 aromatic heterocycles. The predicted octanol–water partition coefficient (Wildman–Crippen LogP) is 6.45. The van der Waals surface area contributed by atoms with Crippen LogP contribution in [0.5, 0.6) is 0 Å². The maximum atomic E-state index is 13.2. The molecule has 0 aliphatic carbocycles. The third-order valence-corrected chi connectivity index (χ3v) is 11.9. The number of amides is 1. The number of nitrogens with one attached hydrogen (secondary N) is 1. The monoisotopic (exact) mass is 721 g/mol. The van der Waals surface area contributed by atoms with Gasteiger partial charge in [-0.2, -0.15) is 5.26 Å². The molecule has 12 nitrogen and oxygen atoms in total. The summed E-state index contributed by atoms with van der Waals surface area (Å²) in [6.45, 7) is 21.0. The second-order valence-electron chi connectivity index (χ2n) is 14.0. The fourth-order valence-electron chi connectivity index (χ4n) is 6.64. The Balaban J connectivity index is 1.76. The van der Waals surface area contributed by atoms with Crippen molar-refractivity contribution in [2.75, 3.05) is 26.4 Å². The van der Waals surface area contributed by atoms with Crippen LogP contribution in [-0.4, -0.2) is 92.0 Å². The molecule has 2 aliphatic heterocycles. The fourth-order valence-corrected chi connectivity index (χ4v) is 8.21. The minimum Gasteiger partial charge on any atom is -0.453 e. The first-order valence-corrected chi connectivity index (χ1v) is 19.2. The summed E-state index contributed by atoms with van der Waals surface area (Å²) in [7, 11) is -1.45. The minimum absolute atomic E-state index is 0.00169. The van der Waals surface area contributed by atoms with Crippen molar-refractivity contribution in [3.63, 3.8) is 0 Å². The Morgan fingerprint density at radius 1 is 0.880 bits per heavy atom. The third-order valence-electron chi connectivity index (χ3n) is 9.77. The molecule has 50 heavy (non-hydrogen) atoms. The van der Waals surface area contributed by atoms with Crippen molar-refractivity contribution < 1.29 is 42.3 Å². The smallest absolute Gasteiger partial charge is 0.338 e. The van der Waals surface area contributed by atoms with E-state index in [1.165, 1.54) is 6.92 Å². The molecular weight excluding hydrogens is 661 g/mol. The number of nitriles is 1. The molecule has 0 bridgehead atoms. The number of rotatable bonds is 18. The molecule has 11 atom stereocenters. The van der Waals surface area contributed by atoms with Gasteiger partial charge in [-0.05, 0) is 64.0 Å². The predicted molar refractivity (Wildman–Crippen MR) is 191 cm³/mol. The van der Waals surface area contributed by atoms with Crippen LogP contribution in [0.1, 0.15) is 92.4 Å². The molecule has 1 aromatic carbocycles. The Morgan fingerprint density at radius 2 is 1.50 bits per heavy atom. The van der Waals surface area contributed by atoms with Crippen LogP contribution in [0.4, 0.5) is 0 Å². The topological polar surface area (TPSA) is 138 Å². The summed E-state index contributed by atoms with van der Waals surface area (Å²) >= 11 is 0. The van der Waals surface area contributed by atoms with Crippen LogP contribution >= 0.6 is 8.53 Å². The Bertz CT molecular complexity index is 1210. The van der Waals surface area contributed by atoms with E-state index in [1.807, 2.05) is 19.9 Å². The van der Waals surface area contributed by atoms with E-state index >= 15 is 0 Å². The molecule has 2 aliphatic rings. The van der Waals surface area contributed by atoms with Gasteiger partial charge in [-0.3, -0.25) is 4.79 Å². The lowest BCUT2D eigenvalue weighted by molar-refractivity contribution is -0.295. The SMILES string of the molecule is CCC1OC(OCC2OC(OCCOP(OCCC#N)N(C(C)C)C(C)C)C(OC(=O)c3ccccc3)C(C)C2C)C(NC(C)=O)C(C)C1C. The number of ether oxygens (including phenoxy) is 5. The molecular formula is C37H60N3O9P. The maximum Gasteiger partial charge on any atom is 0.338 e. The first-order chi connectivity index (χ1) is 23.8. The van der Waals surface area contributed by atoms with Crippen LogP contribution in [0.3, 0.4) is 0 Å². The van der Waals surface area contributed by atoms with Gasteiger partial charge in [0.1, 0.15) is 0 Å². The zero-order valence-corrected chi connectivity index (χ0v) is 32.5. The molecule has 1 N–H and O–H groups in total. The van der Waals surface area contributed by atoms with E-state index in [-0.39, 0.29) is 86.7 Å². The van der Waals surface area contributed by atoms with Gasteiger partial charge in [-0.1, -0.05) is 52.8 Å². The molecule has 1 amide bonds.